The van der Waals surface area contributed by atoms with Gasteiger partial charge in [0.2, 0.25) is 0 Å². The number of amides is 2. The molecular weight excluding hydrogens is 324 g/mol. The van der Waals surface area contributed by atoms with Gasteiger partial charge in [-0.05, 0) is 37.1 Å². The van der Waals surface area contributed by atoms with Crippen LogP contribution < -0.4 is 5.32 Å². The summed E-state index contributed by atoms with van der Waals surface area (Å²) < 4.78 is 0. The number of nitrogens with zero attached hydrogens (tertiary/aromatic N) is 1. The van der Waals surface area contributed by atoms with E-state index in [1.165, 1.54) is 4.90 Å². The number of nitrogens with one attached hydrogen (secondary N) is 1. The van der Waals surface area contributed by atoms with Crippen molar-refractivity contribution < 1.29 is 14.7 Å². The number of hydrogen-bond donors (Lipinski definition) is 2. The van der Waals surface area contributed by atoms with E-state index in [0.29, 0.717) is 18.3 Å². The Labute approximate surface area is 139 Å². The number of halogens is 1. The zero-order chi connectivity index (χ0) is 15.9. The van der Waals surface area contributed by atoms with Gasteiger partial charge in [0.15, 0.2) is 0 Å². The number of carboxylic acid groups (broad SMARTS) is 1. The van der Waals surface area contributed by atoms with Gasteiger partial charge in [0.25, 0.3) is 0 Å². The number of benzene rings is 1. The van der Waals surface area contributed by atoms with E-state index in [4.69, 9.17) is 16.7 Å². The van der Waals surface area contributed by atoms with Gasteiger partial charge in [-0.3, -0.25) is 4.79 Å². The lowest BCUT2D eigenvalue weighted by Gasteiger charge is -2.31. The van der Waals surface area contributed by atoms with Gasteiger partial charge >= 0.3 is 12.0 Å². The number of aliphatic carboxylic acids is 1. The summed E-state index contributed by atoms with van der Waals surface area (Å²) in [5.74, 6) is -0.904. The van der Waals surface area contributed by atoms with Gasteiger partial charge in [0.05, 0.1) is 6.42 Å². The van der Waals surface area contributed by atoms with Gasteiger partial charge in [0, 0.05) is 34.8 Å². The maximum absolute atomic E-state index is 11.9. The van der Waals surface area contributed by atoms with Crippen LogP contribution in [-0.2, 0) is 4.79 Å². The molecular formula is C15H19ClN2O3S. The second-order valence-corrected chi connectivity index (χ2v) is 6.94. The quantitative estimate of drug-likeness (QED) is 0.862. The Morgan fingerprint density at radius 1 is 1.27 bits per heavy atom. The highest BCUT2D eigenvalue weighted by Gasteiger charge is 2.23. The molecule has 22 heavy (non-hydrogen) atoms. The molecule has 0 spiro atoms. The summed E-state index contributed by atoms with van der Waals surface area (Å²) >= 11 is 7.69. The summed E-state index contributed by atoms with van der Waals surface area (Å²) in [6.07, 6.45) is 1.81. The van der Waals surface area contributed by atoms with E-state index in [-0.39, 0.29) is 19.0 Å². The van der Waals surface area contributed by atoms with Crippen molar-refractivity contribution in [2.45, 2.75) is 29.4 Å². The minimum absolute atomic E-state index is 0.0470. The van der Waals surface area contributed by atoms with Crippen LogP contribution in [0.15, 0.2) is 29.2 Å². The maximum Gasteiger partial charge on any atom is 0.317 e. The van der Waals surface area contributed by atoms with Crippen LogP contribution in [0.1, 0.15) is 19.3 Å². The lowest BCUT2D eigenvalue weighted by molar-refractivity contribution is -0.136. The van der Waals surface area contributed by atoms with Crippen molar-refractivity contribution in [3.05, 3.63) is 29.3 Å². The molecule has 2 N–H and O–H groups in total. The molecule has 1 aromatic rings. The highest BCUT2D eigenvalue weighted by atomic mass is 35.5. The fourth-order valence-electron chi connectivity index (χ4n) is 2.27. The van der Waals surface area contributed by atoms with Gasteiger partial charge < -0.3 is 15.3 Å². The number of piperidine rings is 1. The minimum atomic E-state index is -0.904. The van der Waals surface area contributed by atoms with Gasteiger partial charge in [0.1, 0.15) is 0 Å². The molecule has 1 saturated heterocycles. The van der Waals surface area contributed by atoms with Crippen LogP contribution in [0.3, 0.4) is 0 Å². The lowest BCUT2D eigenvalue weighted by Crippen LogP contribution is -2.45. The molecule has 2 amide bonds. The molecule has 0 bridgehead atoms. The first-order valence-electron chi connectivity index (χ1n) is 7.21. The van der Waals surface area contributed by atoms with Gasteiger partial charge in [-0.1, -0.05) is 11.6 Å². The summed E-state index contributed by atoms with van der Waals surface area (Å²) in [6.45, 7) is 1.57. The van der Waals surface area contributed by atoms with E-state index in [1.807, 2.05) is 36.0 Å². The fourth-order valence-corrected chi connectivity index (χ4v) is 3.52. The number of carbonyl (C=O) groups excluding carboxylic acids is 1. The van der Waals surface area contributed by atoms with Crippen molar-refractivity contribution in [1.82, 2.24) is 10.2 Å². The average molecular weight is 343 g/mol. The Morgan fingerprint density at radius 2 is 1.91 bits per heavy atom. The SMILES string of the molecule is O=C(O)CCNC(=O)N1CCC(Sc2ccc(Cl)cc2)CC1. The Morgan fingerprint density at radius 3 is 2.50 bits per heavy atom. The molecule has 5 nitrogen and oxygen atoms in total. The van der Waals surface area contributed by atoms with Crippen LogP contribution >= 0.6 is 23.4 Å². The molecule has 7 heteroatoms. The van der Waals surface area contributed by atoms with Crippen LogP contribution in [0.2, 0.25) is 5.02 Å². The monoisotopic (exact) mass is 342 g/mol. The predicted octanol–water partition coefficient (Wildman–Crippen LogP) is 3.08. The summed E-state index contributed by atoms with van der Waals surface area (Å²) in [6, 6.07) is 7.62. The highest BCUT2D eigenvalue weighted by Crippen LogP contribution is 2.30. The largest absolute Gasteiger partial charge is 0.481 e. The number of urea groups is 1. The number of carbonyl (C=O) groups is 2. The number of hydrogen-bond acceptors (Lipinski definition) is 3. The number of thioether (sulfide) groups is 1. The van der Waals surface area contributed by atoms with E-state index in [1.54, 1.807) is 4.90 Å². The van der Waals surface area contributed by atoms with E-state index in [9.17, 15) is 9.59 Å². The summed E-state index contributed by atoms with van der Waals surface area (Å²) in [5, 5.41) is 12.4. The number of likely N-dealkylation sites (tertiary alicyclic amines) is 1. The first-order valence-corrected chi connectivity index (χ1v) is 8.47. The first kappa shape index (κ1) is 17.0. The van der Waals surface area contributed by atoms with Gasteiger partial charge in [-0.15, -0.1) is 11.8 Å². The lowest BCUT2D eigenvalue weighted by atomic mass is 10.1. The van der Waals surface area contributed by atoms with E-state index >= 15 is 0 Å². The van der Waals surface area contributed by atoms with Crippen molar-refractivity contribution in [3.63, 3.8) is 0 Å². The third-order valence-electron chi connectivity index (χ3n) is 3.46. The van der Waals surface area contributed by atoms with Crippen LogP contribution in [0.5, 0.6) is 0 Å². The summed E-state index contributed by atoms with van der Waals surface area (Å²) in [4.78, 5) is 25.2. The molecule has 0 atom stereocenters. The fraction of sp³-hybridized carbons (Fsp3) is 0.467. The zero-order valence-corrected chi connectivity index (χ0v) is 13.7. The molecule has 0 saturated carbocycles. The molecule has 2 rings (SSSR count). The molecule has 1 fully saturated rings. The van der Waals surface area contributed by atoms with Crippen LogP contribution in [0, 0.1) is 0 Å². The third-order valence-corrected chi connectivity index (χ3v) is 5.06. The Bertz CT molecular complexity index is 516. The van der Waals surface area contributed by atoms with Gasteiger partial charge in [-0.25, -0.2) is 4.79 Å². The molecule has 0 aliphatic carbocycles. The van der Waals surface area contributed by atoms with E-state index < -0.39 is 5.97 Å². The first-order chi connectivity index (χ1) is 10.5. The maximum atomic E-state index is 11.9. The summed E-state index contributed by atoms with van der Waals surface area (Å²) in [5.41, 5.74) is 0. The van der Waals surface area contributed by atoms with Crippen LogP contribution in [0.25, 0.3) is 0 Å². The van der Waals surface area contributed by atoms with Crippen molar-refractivity contribution in [2.24, 2.45) is 0 Å². The smallest absolute Gasteiger partial charge is 0.317 e. The topological polar surface area (TPSA) is 69.6 Å². The Hall–Kier alpha value is -1.40. The molecule has 0 aromatic heterocycles. The molecule has 120 valence electrons. The van der Waals surface area contributed by atoms with E-state index in [0.717, 1.165) is 17.9 Å². The van der Waals surface area contributed by atoms with Crippen LogP contribution in [-0.4, -0.2) is 46.9 Å². The third kappa shape index (κ3) is 5.42. The van der Waals surface area contributed by atoms with Crippen LogP contribution in [0.4, 0.5) is 4.79 Å². The molecule has 1 heterocycles. The standard InChI is InChI=1S/C15H19ClN2O3S/c16-11-1-3-12(4-2-11)22-13-6-9-18(10-7-13)15(21)17-8-5-14(19)20/h1-4,13H,5-10H2,(H,17,21)(H,19,20). The van der Waals surface area contributed by atoms with Crippen molar-refractivity contribution in [3.8, 4) is 0 Å². The molecule has 0 unspecified atom stereocenters. The number of carboxylic acids is 1. The molecule has 1 aliphatic rings. The normalized spacial score (nSPS) is 15.6. The number of rotatable bonds is 5. The Kier molecular flexibility index (Phi) is 6.39. The highest BCUT2D eigenvalue weighted by molar-refractivity contribution is 8.00. The second-order valence-electron chi connectivity index (χ2n) is 5.13. The minimum Gasteiger partial charge on any atom is -0.481 e. The second kappa shape index (κ2) is 8.29. The Balaban J connectivity index is 1.72. The molecule has 1 aromatic carbocycles. The zero-order valence-electron chi connectivity index (χ0n) is 12.1. The average Bonchev–Trinajstić information content (AvgIpc) is 2.50. The summed E-state index contributed by atoms with van der Waals surface area (Å²) in [7, 11) is 0. The predicted molar refractivity (Wildman–Crippen MR) is 87.6 cm³/mol. The van der Waals surface area contributed by atoms with Crippen molar-refractivity contribution in [1.29, 1.82) is 0 Å². The van der Waals surface area contributed by atoms with Crippen molar-refractivity contribution >= 4 is 35.4 Å². The molecule has 1 aliphatic heterocycles. The van der Waals surface area contributed by atoms with Gasteiger partial charge in [-0.2, -0.15) is 0 Å². The van der Waals surface area contributed by atoms with E-state index in [2.05, 4.69) is 5.32 Å². The van der Waals surface area contributed by atoms with Crippen molar-refractivity contribution in [2.75, 3.05) is 19.6 Å². The molecule has 0 radical (unpaired) electrons.